The molecule has 0 fully saturated rings. The van der Waals surface area contributed by atoms with Gasteiger partial charge in [0, 0.05) is 28.0 Å². The standard InChI is InChI=1S/C17H11Cl3N2O2/c18-11-1-4-13(5-2-11)24-17(22-8-7-21-10-22)16(23)14-6-3-12(19)9-15(14)20/h1-10,17H. The first-order valence-corrected chi connectivity index (χ1v) is 8.07. The lowest BCUT2D eigenvalue weighted by atomic mass is 10.1. The number of benzene rings is 2. The maximum Gasteiger partial charge on any atom is 0.241 e. The van der Waals surface area contributed by atoms with Crippen molar-refractivity contribution < 1.29 is 9.53 Å². The number of aromatic nitrogens is 2. The van der Waals surface area contributed by atoms with Gasteiger partial charge >= 0.3 is 0 Å². The summed E-state index contributed by atoms with van der Waals surface area (Å²) in [5, 5.41) is 1.29. The van der Waals surface area contributed by atoms with Crippen LogP contribution in [0.4, 0.5) is 0 Å². The van der Waals surface area contributed by atoms with Crippen LogP contribution in [-0.4, -0.2) is 15.3 Å². The largest absolute Gasteiger partial charge is 0.462 e. The van der Waals surface area contributed by atoms with Gasteiger partial charge in [0.25, 0.3) is 0 Å². The summed E-state index contributed by atoms with van der Waals surface area (Å²) >= 11 is 17.9. The third kappa shape index (κ3) is 3.73. The molecule has 0 bridgehead atoms. The Kier molecular flexibility index (Phi) is 5.09. The van der Waals surface area contributed by atoms with Crippen LogP contribution >= 0.6 is 34.8 Å². The maximum absolute atomic E-state index is 12.9. The Morgan fingerprint density at radius 1 is 1.04 bits per heavy atom. The van der Waals surface area contributed by atoms with Crippen molar-refractivity contribution in [2.45, 2.75) is 6.23 Å². The number of hydrogen-bond acceptors (Lipinski definition) is 3. The van der Waals surface area contributed by atoms with Crippen molar-refractivity contribution in [2.75, 3.05) is 0 Å². The van der Waals surface area contributed by atoms with Gasteiger partial charge in [-0.25, -0.2) is 4.98 Å². The first-order valence-electron chi connectivity index (χ1n) is 6.93. The Hall–Kier alpha value is -2.01. The number of hydrogen-bond donors (Lipinski definition) is 0. The zero-order chi connectivity index (χ0) is 17.1. The van der Waals surface area contributed by atoms with Crippen molar-refractivity contribution in [3.05, 3.63) is 81.8 Å². The second-order valence-corrected chi connectivity index (χ2v) is 6.20. The summed E-state index contributed by atoms with van der Waals surface area (Å²) in [4.78, 5) is 16.9. The van der Waals surface area contributed by atoms with Crippen LogP contribution in [0.1, 0.15) is 16.6 Å². The quantitative estimate of drug-likeness (QED) is 0.563. The number of nitrogens with zero attached hydrogens (tertiary/aromatic N) is 2. The molecule has 0 aliphatic carbocycles. The number of Topliss-reactive ketones (excluding diaryl/α,β-unsaturated/α-hetero) is 1. The van der Waals surface area contributed by atoms with Crippen molar-refractivity contribution in [3.8, 4) is 5.75 Å². The van der Waals surface area contributed by atoms with Crippen LogP contribution < -0.4 is 4.74 Å². The molecule has 24 heavy (non-hydrogen) atoms. The van der Waals surface area contributed by atoms with E-state index >= 15 is 0 Å². The lowest BCUT2D eigenvalue weighted by Gasteiger charge is -2.20. The van der Waals surface area contributed by atoms with Crippen LogP contribution in [0, 0.1) is 0 Å². The number of ether oxygens (including phenoxy) is 1. The minimum absolute atomic E-state index is 0.261. The van der Waals surface area contributed by atoms with E-state index in [1.165, 1.54) is 12.4 Å². The minimum atomic E-state index is -0.952. The zero-order valence-electron chi connectivity index (χ0n) is 12.2. The number of carbonyl (C=O) groups is 1. The Balaban J connectivity index is 1.95. The molecule has 3 aromatic rings. The molecule has 2 aromatic carbocycles. The van der Waals surface area contributed by atoms with Gasteiger partial charge in [-0.15, -0.1) is 0 Å². The van der Waals surface area contributed by atoms with Gasteiger partial charge in [0.1, 0.15) is 5.75 Å². The lowest BCUT2D eigenvalue weighted by Crippen LogP contribution is -2.24. The van der Waals surface area contributed by atoms with Crippen molar-refractivity contribution in [2.24, 2.45) is 0 Å². The van der Waals surface area contributed by atoms with E-state index in [-0.39, 0.29) is 10.8 Å². The molecule has 0 aliphatic rings. The smallest absolute Gasteiger partial charge is 0.241 e. The molecule has 4 nitrogen and oxygen atoms in total. The molecular weight excluding hydrogens is 371 g/mol. The molecule has 0 saturated heterocycles. The Morgan fingerprint density at radius 2 is 1.75 bits per heavy atom. The summed E-state index contributed by atoms with van der Waals surface area (Å²) in [7, 11) is 0. The fraction of sp³-hybridized carbons (Fsp3) is 0.0588. The average Bonchev–Trinajstić information content (AvgIpc) is 3.08. The monoisotopic (exact) mass is 380 g/mol. The third-order valence-corrected chi connectivity index (χ3v) is 4.08. The molecular formula is C17H11Cl3N2O2. The van der Waals surface area contributed by atoms with Gasteiger partial charge < -0.3 is 4.74 Å². The molecule has 0 saturated carbocycles. The van der Waals surface area contributed by atoms with Gasteiger partial charge in [-0.2, -0.15) is 0 Å². The minimum Gasteiger partial charge on any atom is -0.462 e. The Labute approximate surface area is 153 Å². The third-order valence-electron chi connectivity index (χ3n) is 3.28. The predicted molar refractivity (Wildman–Crippen MR) is 94.1 cm³/mol. The van der Waals surface area contributed by atoms with E-state index in [1.54, 1.807) is 53.4 Å². The summed E-state index contributed by atoms with van der Waals surface area (Å²) in [6.07, 6.45) is 3.76. The second kappa shape index (κ2) is 7.26. The number of ketones is 1. The van der Waals surface area contributed by atoms with E-state index in [0.29, 0.717) is 21.4 Å². The van der Waals surface area contributed by atoms with Gasteiger partial charge in [0.05, 0.1) is 11.3 Å². The summed E-state index contributed by atoms with van der Waals surface area (Å²) < 4.78 is 7.40. The van der Waals surface area contributed by atoms with Crippen LogP contribution in [0.15, 0.2) is 61.2 Å². The highest BCUT2D eigenvalue weighted by atomic mass is 35.5. The molecule has 122 valence electrons. The highest BCUT2D eigenvalue weighted by molar-refractivity contribution is 6.37. The highest BCUT2D eigenvalue weighted by Gasteiger charge is 2.25. The molecule has 1 unspecified atom stereocenters. The topological polar surface area (TPSA) is 44.1 Å². The fourth-order valence-corrected chi connectivity index (χ4v) is 2.75. The lowest BCUT2D eigenvalue weighted by molar-refractivity contribution is 0.0653. The fourth-order valence-electron chi connectivity index (χ4n) is 2.12. The van der Waals surface area contributed by atoms with E-state index in [1.807, 2.05) is 0 Å². The molecule has 0 radical (unpaired) electrons. The van der Waals surface area contributed by atoms with Crippen molar-refractivity contribution >= 4 is 40.6 Å². The summed E-state index contributed by atoms with van der Waals surface area (Å²) in [6, 6.07) is 11.4. The van der Waals surface area contributed by atoms with E-state index in [9.17, 15) is 4.79 Å². The van der Waals surface area contributed by atoms with Crippen molar-refractivity contribution in [1.82, 2.24) is 9.55 Å². The van der Waals surface area contributed by atoms with Gasteiger partial charge in [0.15, 0.2) is 0 Å². The average molecular weight is 382 g/mol. The van der Waals surface area contributed by atoms with E-state index < -0.39 is 6.23 Å². The molecule has 0 N–H and O–H groups in total. The summed E-state index contributed by atoms with van der Waals surface area (Å²) in [6.45, 7) is 0. The van der Waals surface area contributed by atoms with Crippen LogP contribution in [0.3, 0.4) is 0 Å². The number of halogens is 3. The van der Waals surface area contributed by atoms with Crippen LogP contribution in [0.25, 0.3) is 0 Å². The van der Waals surface area contributed by atoms with Crippen molar-refractivity contribution in [1.29, 1.82) is 0 Å². The van der Waals surface area contributed by atoms with E-state index in [0.717, 1.165) is 0 Å². The zero-order valence-corrected chi connectivity index (χ0v) is 14.5. The van der Waals surface area contributed by atoms with Gasteiger partial charge in [0.2, 0.25) is 12.0 Å². The molecule has 1 atom stereocenters. The van der Waals surface area contributed by atoms with Crippen LogP contribution in [0.5, 0.6) is 5.75 Å². The SMILES string of the molecule is O=C(c1ccc(Cl)cc1Cl)C(Oc1ccc(Cl)cc1)n1ccnc1. The number of rotatable bonds is 5. The van der Waals surface area contributed by atoms with Crippen LogP contribution in [-0.2, 0) is 0 Å². The van der Waals surface area contributed by atoms with Gasteiger partial charge in [-0.3, -0.25) is 9.36 Å². The first-order chi connectivity index (χ1) is 11.5. The molecule has 3 rings (SSSR count). The second-order valence-electron chi connectivity index (χ2n) is 4.92. The normalized spacial score (nSPS) is 12.0. The van der Waals surface area contributed by atoms with Crippen LogP contribution in [0.2, 0.25) is 15.1 Å². The summed E-state index contributed by atoms with van der Waals surface area (Å²) in [5.74, 6) is 0.182. The molecule has 7 heteroatoms. The van der Waals surface area contributed by atoms with Gasteiger partial charge in [-0.05, 0) is 42.5 Å². The number of carbonyl (C=O) groups excluding carboxylic acids is 1. The Bertz CT molecular complexity index is 849. The molecule has 0 aliphatic heterocycles. The molecule has 1 heterocycles. The van der Waals surface area contributed by atoms with Gasteiger partial charge in [-0.1, -0.05) is 34.8 Å². The van der Waals surface area contributed by atoms with E-state index in [2.05, 4.69) is 4.98 Å². The maximum atomic E-state index is 12.9. The molecule has 0 amide bonds. The highest BCUT2D eigenvalue weighted by Crippen LogP contribution is 2.27. The summed E-state index contributed by atoms with van der Waals surface area (Å²) in [5.41, 5.74) is 0.314. The van der Waals surface area contributed by atoms with Crippen molar-refractivity contribution in [3.63, 3.8) is 0 Å². The first kappa shape index (κ1) is 16.8. The Morgan fingerprint density at radius 3 is 2.38 bits per heavy atom. The van der Waals surface area contributed by atoms with E-state index in [4.69, 9.17) is 39.5 Å². The predicted octanol–water partition coefficient (Wildman–Crippen LogP) is 5.30. The number of imidazole rings is 1. The molecule has 0 spiro atoms. The molecule has 1 aromatic heterocycles.